The fourth-order valence-electron chi connectivity index (χ4n) is 3.12. The fraction of sp³-hybridized carbons (Fsp3) is 0.227. The molecule has 0 aliphatic rings. The Morgan fingerprint density at radius 2 is 1.70 bits per heavy atom. The van der Waals surface area contributed by atoms with Crippen molar-refractivity contribution < 1.29 is 31.8 Å². The maximum Gasteiger partial charge on any atom is 0.274 e. The Bertz CT molecular complexity index is 1200. The van der Waals surface area contributed by atoms with Crippen LogP contribution < -0.4 is 23.8 Å². The zero-order chi connectivity index (χ0) is 24.0. The molecule has 11 heteroatoms. The Balaban J connectivity index is 1.83. The van der Waals surface area contributed by atoms with Crippen molar-refractivity contribution in [3.63, 3.8) is 0 Å². The number of nitrogens with zero attached hydrogens (tertiary/aromatic N) is 1. The molecule has 0 aliphatic heterocycles. The first-order chi connectivity index (χ1) is 15.8. The molecular formula is C22H23FN2O6S2. The van der Waals surface area contributed by atoms with Crippen molar-refractivity contribution in [3.05, 3.63) is 65.3 Å². The van der Waals surface area contributed by atoms with Crippen molar-refractivity contribution in [2.24, 2.45) is 0 Å². The minimum atomic E-state index is -4.03. The molecule has 1 heterocycles. The zero-order valence-corrected chi connectivity index (χ0v) is 19.8. The molecule has 0 bridgehead atoms. The lowest BCUT2D eigenvalue weighted by Crippen LogP contribution is -2.40. The molecule has 1 N–H and O–H groups in total. The molecule has 0 saturated carbocycles. The van der Waals surface area contributed by atoms with E-state index in [0.29, 0.717) is 22.8 Å². The molecule has 3 rings (SSSR count). The van der Waals surface area contributed by atoms with E-state index < -0.39 is 28.3 Å². The summed E-state index contributed by atoms with van der Waals surface area (Å²) in [5.74, 6) is 0.154. The first kappa shape index (κ1) is 24.3. The van der Waals surface area contributed by atoms with Gasteiger partial charge in [-0.15, -0.1) is 11.3 Å². The van der Waals surface area contributed by atoms with Crippen molar-refractivity contribution in [1.29, 1.82) is 0 Å². The van der Waals surface area contributed by atoms with Crippen LogP contribution in [0.15, 0.2) is 58.1 Å². The van der Waals surface area contributed by atoms with Gasteiger partial charge < -0.3 is 19.5 Å². The highest BCUT2D eigenvalue weighted by atomic mass is 32.2. The van der Waals surface area contributed by atoms with Crippen molar-refractivity contribution in [3.8, 4) is 17.2 Å². The third-order valence-electron chi connectivity index (χ3n) is 4.70. The van der Waals surface area contributed by atoms with Gasteiger partial charge in [0.15, 0.2) is 11.5 Å². The number of carbonyl (C=O) groups excluding carboxylic acids is 1. The van der Waals surface area contributed by atoms with Crippen LogP contribution in [0.1, 0.15) is 5.56 Å². The highest BCUT2D eigenvalue weighted by molar-refractivity contribution is 7.94. The van der Waals surface area contributed by atoms with Gasteiger partial charge in [0.25, 0.3) is 10.0 Å². The number of hydrogen-bond acceptors (Lipinski definition) is 7. The standard InChI is InChI=1S/C22H23FN2O6S2/c1-29-18-11-6-15(21(30-2)22(18)31-3)13-24-19(26)14-25(17-9-7-16(23)8-10-17)33(27,28)20-5-4-12-32-20/h4-12H,13-14H2,1-3H3,(H,24,26). The Morgan fingerprint density at radius 3 is 2.27 bits per heavy atom. The Morgan fingerprint density at radius 1 is 1.00 bits per heavy atom. The predicted molar refractivity (Wildman–Crippen MR) is 123 cm³/mol. The molecule has 2 aromatic carbocycles. The molecule has 1 amide bonds. The summed E-state index contributed by atoms with van der Waals surface area (Å²) in [6.45, 7) is -0.444. The number of carbonyl (C=O) groups is 1. The summed E-state index contributed by atoms with van der Waals surface area (Å²) in [6, 6.07) is 11.3. The summed E-state index contributed by atoms with van der Waals surface area (Å²) in [5.41, 5.74) is 0.779. The highest BCUT2D eigenvalue weighted by Gasteiger charge is 2.28. The molecule has 0 saturated heterocycles. The van der Waals surface area contributed by atoms with Crippen LogP contribution >= 0.6 is 11.3 Å². The first-order valence-corrected chi connectivity index (χ1v) is 12.0. The second-order valence-electron chi connectivity index (χ2n) is 6.69. The predicted octanol–water partition coefficient (Wildman–Crippen LogP) is 3.42. The van der Waals surface area contributed by atoms with Crippen LogP contribution in [-0.2, 0) is 21.4 Å². The quantitative estimate of drug-likeness (QED) is 0.464. The molecule has 176 valence electrons. The summed E-state index contributed by atoms with van der Waals surface area (Å²) in [4.78, 5) is 12.8. The largest absolute Gasteiger partial charge is 0.493 e. The molecule has 0 atom stereocenters. The van der Waals surface area contributed by atoms with Crippen LogP contribution in [0.3, 0.4) is 0 Å². The molecule has 1 aromatic heterocycles. The normalized spacial score (nSPS) is 11.0. The van der Waals surface area contributed by atoms with E-state index in [2.05, 4.69) is 5.32 Å². The SMILES string of the molecule is COc1ccc(CNC(=O)CN(c2ccc(F)cc2)S(=O)(=O)c2cccs2)c(OC)c1OC. The van der Waals surface area contributed by atoms with Crippen molar-refractivity contribution in [1.82, 2.24) is 5.32 Å². The fourth-order valence-corrected chi connectivity index (χ4v) is 5.65. The second kappa shape index (κ2) is 10.5. The molecule has 33 heavy (non-hydrogen) atoms. The molecule has 3 aromatic rings. The van der Waals surface area contributed by atoms with Crippen LogP contribution in [0.5, 0.6) is 17.2 Å². The minimum absolute atomic E-state index is 0.0542. The first-order valence-electron chi connectivity index (χ1n) is 9.68. The van der Waals surface area contributed by atoms with E-state index in [1.807, 2.05) is 0 Å². The topological polar surface area (TPSA) is 94.2 Å². The van der Waals surface area contributed by atoms with Gasteiger partial charge in [-0.25, -0.2) is 12.8 Å². The summed E-state index contributed by atoms with van der Waals surface area (Å²) < 4.78 is 56.7. The van der Waals surface area contributed by atoms with Crippen molar-refractivity contribution in [2.75, 3.05) is 32.2 Å². The Labute approximate surface area is 195 Å². The van der Waals surface area contributed by atoms with E-state index in [9.17, 15) is 17.6 Å². The summed E-state index contributed by atoms with van der Waals surface area (Å²) in [7, 11) is 0.406. The van der Waals surface area contributed by atoms with Crippen LogP contribution in [-0.4, -0.2) is 42.2 Å². The van der Waals surface area contributed by atoms with Gasteiger partial charge in [-0.2, -0.15) is 0 Å². The van der Waals surface area contributed by atoms with Gasteiger partial charge in [0, 0.05) is 12.1 Å². The Kier molecular flexibility index (Phi) is 7.77. The molecule has 0 spiro atoms. The molecule has 0 fully saturated rings. The average Bonchev–Trinajstić information content (AvgIpc) is 3.37. The van der Waals surface area contributed by atoms with E-state index in [4.69, 9.17) is 14.2 Å². The smallest absolute Gasteiger partial charge is 0.274 e. The monoisotopic (exact) mass is 494 g/mol. The third kappa shape index (κ3) is 5.37. The van der Waals surface area contributed by atoms with Gasteiger partial charge in [-0.3, -0.25) is 9.10 Å². The number of nitrogens with one attached hydrogen (secondary N) is 1. The van der Waals surface area contributed by atoms with Crippen molar-refractivity contribution in [2.45, 2.75) is 10.8 Å². The van der Waals surface area contributed by atoms with Crippen molar-refractivity contribution >= 4 is 33.0 Å². The van der Waals surface area contributed by atoms with Gasteiger partial charge in [-0.05, 0) is 47.8 Å². The average molecular weight is 495 g/mol. The van der Waals surface area contributed by atoms with Crippen LogP contribution in [0.2, 0.25) is 0 Å². The lowest BCUT2D eigenvalue weighted by molar-refractivity contribution is -0.119. The lowest BCUT2D eigenvalue weighted by atomic mass is 10.1. The van der Waals surface area contributed by atoms with Gasteiger partial charge in [0.05, 0.1) is 27.0 Å². The summed E-state index contributed by atoms with van der Waals surface area (Å²) in [5, 5.41) is 4.32. The molecule has 0 unspecified atom stereocenters. The van der Waals surface area contributed by atoms with Gasteiger partial charge in [0.2, 0.25) is 11.7 Å². The summed E-state index contributed by atoms with van der Waals surface area (Å²) in [6.07, 6.45) is 0. The zero-order valence-electron chi connectivity index (χ0n) is 18.2. The number of benzene rings is 2. The van der Waals surface area contributed by atoms with Gasteiger partial charge in [-0.1, -0.05) is 6.07 Å². The number of anilines is 1. The number of rotatable bonds is 10. The molecule has 8 nitrogen and oxygen atoms in total. The van der Waals surface area contributed by atoms with E-state index in [1.54, 1.807) is 23.6 Å². The molecule has 0 radical (unpaired) electrons. The minimum Gasteiger partial charge on any atom is -0.493 e. The van der Waals surface area contributed by atoms with Crippen LogP contribution in [0.25, 0.3) is 0 Å². The number of ether oxygens (including phenoxy) is 3. The number of amides is 1. The number of methoxy groups -OCH3 is 3. The number of sulfonamides is 1. The van der Waals surface area contributed by atoms with Crippen LogP contribution in [0.4, 0.5) is 10.1 Å². The van der Waals surface area contributed by atoms with E-state index in [-0.39, 0.29) is 16.4 Å². The van der Waals surface area contributed by atoms with Crippen LogP contribution in [0, 0.1) is 5.82 Å². The number of hydrogen-bond donors (Lipinski definition) is 1. The van der Waals surface area contributed by atoms with Gasteiger partial charge >= 0.3 is 0 Å². The van der Waals surface area contributed by atoms with E-state index in [1.165, 1.54) is 39.5 Å². The number of thiophene rings is 1. The lowest BCUT2D eigenvalue weighted by Gasteiger charge is -2.23. The maximum absolute atomic E-state index is 13.4. The summed E-state index contributed by atoms with van der Waals surface area (Å²) >= 11 is 1.03. The molecule has 0 aliphatic carbocycles. The molecular weight excluding hydrogens is 471 g/mol. The number of halogens is 1. The third-order valence-corrected chi connectivity index (χ3v) is 7.85. The van der Waals surface area contributed by atoms with Gasteiger partial charge in [0.1, 0.15) is 16.6 Å². The Hall–Kier alpha value is -3.31. The van der Waals surface area contributed by atoms with E-state index >= 15 is 0 Å². The maximum atomic E-state index is 13.4. The highest BCUT2D eigenvalue weighted by Crippen LogP contribution is 2.39. The second-order valence-corrected chi connectivity index (χ2v) is 9.73. The van der Waals surface area contributed by atoms with E-state index in [0.717, 1.165) is 27.8 Å².